The van der Waals surface area contributed by atoms with Gasteiger partial charge in [0.05, 0.1) is 0 Å². The van der Waals surface area contributed by atoms with Crippen LogP contribution < -0.4 is 0 Å². The molecule has 0 bridgehead atoms. The highest BCUT2D eigenvalue weighted by atomic mass is 16.4. The molecule has 1 aromatic rings. The molecule has 0 saturated carbocycles. The van der Waals surface area contributed by atoms with Crippen molar-refractivity contribution < 1.29 is 4.42 Å². The summed E-state index contributed by atoms with van der Waals surface area (Å²) >= 11 is 0. The predicted molar refractivity (Wildman–Crippen MR) is 39.7 cm³/mol. The molecule has 0 N–H and O–H groups in total. The van der Waals surface area contributed by atoms with Crippen molar-refractivity contribution >= 4 is 0 Å². The Labute approximate surface area is 61.5 Å². The first-order chi connectivity index (χ1) is 4.11. The van der Waals surface area contributed by atoms with Crippen LogP contribution in [0.5, 0.6) is 0 Å². The summed E-state index contributed by atoms with van der Waals surface area (Å²) in [5.74, 6) is 0.683. The average molecular weight is 142 g/mol. The summed E-state index contributed by atoms with van der Waals surface area (Å²) in [6, 6.07) is 0. The van der Waals surface area contributed by atoms with Gasteiger partial charge in [-0.1, -0.05) is 28.2 Å². The summed E-state index contributed by atoms with van der Waals surface area (Å²) in [4.78, 5) is 0. The van der Waals surface area contributed by atoms with Crippen molar-refractivity contribution in [3.63, 3.8) is 0 Å². The van der Waals surface area contributed by atoms with Gasteiger partial charge in [0.15, 0.2) is 0 Å². The Hall–Kier alpha value is -0.860. The molecule has 1 rings (SSSR count). The first kappa shape index (κ1) is 9.14. The molecule has 0 aliphatic rings. The average Bonchev–Trinajstić information content (AvgIpc) is 2.08. The molecule has 0 atom stereocenters. The van der Waals surface area contributed by atoms with Crippen LogP contribution in [-0.4, -0.2) is 10.2 Å². The van der Waals surface area contributed by atoms with Crippen LogP contribution in [-0.2, 0) is 5.41 Å². The summed E-state index contributed by atoms with van der Waals surface area (Å²) in [5.41, 5.74) is -0.0174. The zero-order chi connectivity index (χ0) is 6.91. The van der Waals surface area contributed by atoms with E-state index in [2.05, 4.69) is 10.2 Å². The molecule has 0 unspecified atom stereocenters. The van der Waals surface area contributed by atoms with Gasteiger partial charge in [-0.3, -0.25) is 0 Å². The van der Waals surface area contributed by atoms with E-state index < -0.39 is 0 Å². The summed E-state index contributed by atoms with van der Waals surface area (Å²) in [6.45, 7) is 6.08. The van der Waals surface area contributed by atoms with Crippen LogP contribution in [0.2, 0.25) is 0 Å². The maximum atomic E-state index is 4.98. The van der Waals surface area contributed by atoms with Gasteiger partial charge < -0.3 is 4.42 Å². The third kappa shape index (κ3) is 1.83. The van der Waals surface area contributed by atoms with Crippen LogP contribution in [0.1, 0.15) is 34.1 Å². The predicted octanol–water partition coefficient (Wildman–Crippen LogP) is 2.00. The molecule has 1 aromatic heterocycles. The van der Waals surface area contributed by atoms with Crippen molar-refractivity contribution in [1.29, 1.82) is 0 Å². The van der Waals surface area contributed by atoms with Gasteiger partial charge in [-0.25, -0.2) is 0 Å². The fourth-order valence-electron chi connectivity index (χ4n) is 0.500. The van der Waals surface area contributed by atoms with Crippen LogP contribution >= 0.6 is 0 Å². The van der Waals surface area contributed by atoms with Gasteiger partial charge in [0.1, 0.15) is 0 Å². The van der Waals surface area contributed by atoms with Crippen LogP contribution in [0.3, 0.4) is 0 Å². The fourth-order valence-corrected chi connectivity index (χ4v) is 0.500. The minimum Gasteiger partial charge on any atom is -0.427 e. The third-order valence-corrected chi connectivity index (χ3v) is 1.00. The molecule has 0 amide bonds. The first-order valence-corrected chi connectivity index (χ1v) is 2.87. The summed E-state index contributed by atoms with van der Waals surface area (Å²) in [6.07, 6.45) is 1.35. The molecule has 0 spiro atoms. The third-order valence-electron chi connectivity index (χ3n) is 1.00. The Morgan fingerprint density at radius 3 is 2.20 bits per heavy atom. The topological polar surface area (TPSA) is 38.9 Å². The van der Waals surface area contributed by atoms with E-state index in [0.717, 1.165) is 0 Å². The summed E-state index contributed by atoms with van der Waals surface area (Å²) in [5, 5.41) is 7.34. The van der Waals surface area contributed by atoms with Crippen molar-refractivity contribution in [2.45, 2.75) is 33.6 Å². The molecule has 0 radical (unpaired) electrons. The lowest BCUT2D eigenvalue weighted by Crippen LogP contribution is -2.11. The SMILES string of the molecule is C.CC(C)(C)c1nnco1. The molecular weight excluding hydrogens is 128 g/mol. The van der Waals surface area contributed by atoms with Crippen molar-refractivity contribution in [3.8, 4) is 0 Å². The van der Waals surface area contributed by atoms with Gasteiger partial charge in [-0.05, 0) is 0 Å². The zero-order valence-corrected chi connectivity index (χ0v) is 5.88. The van der Waals surface area contributed by atoms with Gasteiger partial charge >= 0.3 is 0 Å². The van der Waals surface area contributed by atoms with Crippen LogP contribution in [0, 0.1) is 0 Å². The maximum Gasteiger partial charge on any atom is 0.221 e. The first-order valence-electron chi connectivity index (χ1n) is 2.87. The molecule has 3 heteroatoms. The smallest absolute Gasteiger partial charge is 0.221 e. The zero-order valence-electron chi connectivity index (χ0n) is 5.88. The van der Waals surface area contributed by atoms with E-state index in [-0.39, 0.29) is 12.8 Å². The highest BCUT2D eigenvalue weighted by Gasteiger charge is 2.18. The van der Waals surface area contributed by atoms with E-state index in [1.54, 1.807) is 0 Å². The van der Waals surface area contributed by atoms with E-state index in [0.29, 0.717) is 5.89 Å². The van der Waals surface area contributed by atoms with Gasteiger partial charge in [-0.2, -0.15) is 0 Å². The molecule has 1 heterocycles. The second-order valence-electron chi connectivity index (χ2n) is 2.99. The minimum absolute atomic E-state index is 0. The van der Waals surface area contributed by atoms with Gasteiger partial charge in [0.2, 0.25) is 12.3 Å². The van der Waals surface area contributed by atoms with Crippen LogP contribution in [0.15, 0.2) is 10.8 Å². The van der Waals surface area contributed by atoms with E-state index >= 15 is 0 Å². The number of rotatable bonds is 0. The summed E-state index contributed by atoms with van der Waals surface area (Å²) < 4.78 is 4.98. The number of nitrogens with zero attached hydrogens (tertiary/aromatic N) is 2. The largest absolute Gasteiger partial charge is 0.427 e. The van der Waals surface area contributed by atoms with Gasteiger partial charge in [0, 0.05) is 5.41 Å². The van der Waals surface area contributed by atoms with E-state index in [4.69, 9.17) is 4.42 Å². The highest BCUT2D eigenvalue weighted by Crippen LogP contribution is 2.17. The second-order valence-corrected chi connectivity index (χ2v) is 2.99. The van der Waals surface area contributed by atoms with E-state index in [1.165, 1.54) is 6.39 Å². The van der Waals surface area contributed by atoms with Crippen LogP contribution in [0.25, 0.3) is 0 Å². The van der Waals surface area contributed by atoms with Gasteiger partial charge in [-0.15, -0.1) is 10.2 Å². The molecule has 0 aromatic carbocycles. The van der Waals surface area contributed by atoms with Crippen LogP contribution in [0.4, 0.5) is 0 Å². The number of hydrogen-bond donors (Lipinski definition) is 0. The molecule has 10 heavy (non-hydrogen) atoms. The van der Waals surface area contributed by atoms with E-state index in [1.807, 2.05) is 20.8 Å². The lowest BCUT2D eigenvalue weighted by Gasteiger charge is -2.10. The molecule has 0 aliphatic carbocycles. The van der Waals surface area contributed by atoms with Gasteiger partial charge in [0.25, 0.3) is 0 Å². The Morgan fingerprint density at radius 2 is 2.00 bits per heavy atom. The highest BCUT2D eigenvalue weighted by molar-refractivity contribution is 4.92. The quantitative estimate of drug-likeness (QED) is 0.556. The molecule has 3 nitrogen and oxygen atoms in total. The van der Waals surface area contributed by atoms with Crippen molar-refractivity contribution in [3.05, 3.63) is 12.3 Å². The molecule has 0 aliphatic heterocycles. The molecule has 0 fully saturated rings. The monoisotopic (exact) mass is 142 g/mol. The summed E-state index contributed by atoms with van der Waals surface area (Å²) in [7, 11) is 0. The Bertz CT molecular complexity index is 174. The molecule has 0 saturated heterocycles. The van der Waals surface area contributed by atoms with Crippen molar-refractivity contribution in [2.75, 3.05) is 0 Å². The van der Waals surface area contributed by atoms with E-state index in [9.17, 15) is 0 Å². The lowest BCUT2D eigenvalue weighted by atomic mass is 9.97. The normalized spacial score (nSPS) is 10.7. The van der Waals surface area contributed by atoms with Crippen molar-refractivity contribution in [2.24, 2.45) is 0 Å². The number of hydrogen-bond acceptors (Lipinski definition) is 3. The Balaban J connectivity index is 0.000000810. The molecular formula is C7H14N2O. The molecule has 58 valence electrons. The Morgan fingerprint density at radius 1 is 1.40 bits per heavy atom. The van der Waals surface area contributed by atoms with Crippen molar-refractivity contribution in [1.82, 2.24) is 10.2 Å². The fraction of sp³-hybridized carbons (Fsp3) is 0.714. The maximum absolute atomic E-state index is 4.98. The second kappa shape index (κ2) is 2.82. The minimum atomic E-state index is -0.0174. The Kier molecular flexibility index (Phi) is 2.57. The lowest BCUT2D eigenvalue weighted by molar-refractivity contribution is 0.392. The number of aromatic nitrogens is 2. The standard InChI is InChI=1S/C6H10N2O.CH4/c1-6(2,3)5-8-7-4-9-5;/h4H,1-3H3;1H4.